The number of fused-ring (bicyclic) bond motifs is 1. The van der Waals surface area contributed by atoms with Crippen molar-refractivity contribution < 1.29 is 22.8 Å². The van der Waals surface area contributed by atoms with Gasteiger partial charge in [0.1, 0.15) is 6.04 Å². The van der Waals surface area contributed by atoms with Crippen LogP contribution in [-0.4, -0.2) is 29.2 Å². The van der Waals surface area contributed by atoms with E-state index in [0.29, 0.717) is 10.5 Å². The second-order valence-corrected chi connectivity index (χ2v) is 4.68. The van der Waals surface area contributed by atoms with E-state index in [0.717, 1.165) is 0 Å². The zero-order valence-corrected chi connectivity index (χ0v) is 11.2. The van der Waals surface area contributed by atoms with Gasteiger partial charge in [0.15, 0.2) is 5.78 Å². The predicted octanol–water partition coefficient (Wildman–Crippen LogP) is 2.47. The number of ketones is 1. The minimum Gasteiger partial charge on any atom is -0.296 e. The maximum atomic E-state index is 12.6. The summed E-state index contributed by atoms with van der Waals surface area (Å²) < 4.78 is 37.9. The Labute approximate surface area is 115 Å². The van der Waals surface area contributed by atoms with Crippen molar-refractivity contribution in [1.29, 1.82) is 0 Å². The Kier molecular flexibility index (Phi) is 3.66. The summed E-state index contributed by atoms with van der Waals surface area (Å²) in [5, 5.41) is -0.0900. The van der Waals surface area contributed by atoms with Gasteiger partial charge in [-0.25, -0.2) is 0 Å². The maximum Gasteiger partial charge on any atom is 0.471 e. The molecule has 102 valence electrons. The summed E-state index contributed by atoms with van der Waals surface area (Å²) in [5.41, 5.74) is 0.725. The fraction of sp³-hybridized carbons (Fsp3) is 0.333. The summed E-state index contributed by atoms with van der Waals surface area (Å²) in [6.07, 6.45) is -4.88. The van der Waals surface area contributed by atoms with Crippen LogP contribution in [0.2, 0.25) is 0 Å². The summed E-state index contributed by atoms with van der Waals surface area (Å²) in [4.78, 5) is 23.8. The van der Waals surface area contributed by atoms with E-state index in [9.17, 15) is 22.8 Å². The topological polar surface area (TPSA) is 37.4 Å². The smallest absolute Gasteiger partial charge is 0.296 e. The molecular formula is C12H9BrF3NO2. The lowest BCUT2D eigenvalue weighted by Crippen LogP contribution is -2.49. The molecule has 0 saturated carbocycles. The number of amides is 1. The van der Waals surface area contributed by atoms with Crippen LogP contribution in [0, 0.1) is 0 Å². The molecule has 19 heavy (non-hydrogen) atoms. The first-order chi connectivity index (χ1) is 8.86. The highest BCUT2D eigenvalue weighted by atomic mass is 79.9. The van der Waals surface area contributed by atoms with Crippen molar-refractivity contribution in [3.05, 3.63) is 29.8 Å². The molecule has 0 saturated heterocycles. The van der Waals surface area contributed by atoms with E-state index in [4.69, 9.17) is 0 Å². The van der Waals surface area contributed by atoms with Gasteiger partial charge in [-0.1, -0.05) is 34.1 Å². The molecule has 1 unspecified atom stereocenters. The molecule has 2 rings (SSSR count). The third kappa shape index (κ3) is 2.51. The van der Waals surface area contributed by atoms with Crippen molar-refractivity contribution in [3.8, 4) is 0 Å². The number of alkyl halides is 4. The van der Waals surface area contributed by atoms with Crippen LogP contribution in [0.3, 0.4) is 0 Å². The highest BCUT2D eigenvalue weighted by Crippen LogP contribution is 2.35. The van der Waals surface area contributed by atoms with E-state index in [1.54, 1.807) is 12.1 Å². The molecule has 1 aromatic rings. The second-order valence-electron chi connectivity index (χ2n) is 4.12. The number of hydrogen-bond donors (Lipinski definition) is 0. The molecule has 1 amide bonds. The summed E-state index contributed by atoms with van der Waals surface area (Å²) in [5.74, 6) is -2.45. The number of carbonyl (C=O) groups is 2. The van der Waals surface area contributed by atoms with Gasteiger partial charge in [0, 0.05) is 12.1 Å². The molecule has 0 spiro atoms. The quantitative estimate of drug-likeness (QED) is 0.778. The van der Waals surface area contributed by atoms with Crippen molar-refractivity contribution >= 4 is 33.3 Å². The van der Waals surface area contributed by atoms with E-state index in [1.165, 1.54) is 12.1 Å². The lowest BCUT2D eigenvalue weighted by Gasteiger charge is -2.25. The Balaban J connectivity index is 2.45. The molecule has 0 bridgehead atoms. The second kappa shape index (κ2) is 4.96. The molecule has 1 atom stereocenters. The lowest BCUT2D eigenvalue weighted by atomic mass is 10.1. The van der Waals surface area contributed by atoms with Gasteiger partial charge in [0.05, 0.1) is 5.33 Å². The van der Waals surface area contributed by atoms with Gasteiger partial charge >= 0.3 is 12.1 Å². The highest BCUT2D eigenvalue weighted by Gasteiger charge is 2.49. The zero-order valence-electron chi connectivity index (χ0n) is 9.58. The highest BCUT2D eigenvalue weighted by molar-refractivity contribution is 9.09. The summed E-state index contributed by atoms with van der Waals surface area (Å²) in [7, 11) is 0. The summed E-state index contributed by atoms with van der Waals surface area (Å²) in [6.45, 7) is 0. The minimum atomic E-state index is -5.00. The third-order valence-corrected chi connectivity index (χ3v) is 3.49. The van der Waals surface area contributed by atoms with E-state index < -0.39 is 23.9 Å². The maximum absolute atomic E-state index is 12.6. The van der Waals surface area contributed by atoms with Crippen molar-refractivity contribution in [2.75, 3.05) is 10.2 Å². The van der Waals surface area contributed by atoms with Crippen molar-refractivity contribution in [2.45, 2.75) is 18.6 Å². The number of rotatable bonds is 2. The Bertz CT molecular complexity index is 530. The third-order valence-electron chi connectivity index (χ3n) is 2.94. The molecule has 0 fully saturated rings. The SMILES string of the molecule is O=C(CBr)C1Cc2ccccc2N1C(=O)C(F)(F)F. The van der Waals surface area contributed by atoms with Gasteiger partial charge in [-0.15, -0.1) is 0 Å². The minimum absolute atomic E-state index is 0.0900. The van der Waals surface area contributed by atoms with Gasteiger partial charge in [-0.05, 0) is 11.6 Å². The van der Waals surface area contributed by atoms with Crippen LogP contribution in [0.5, 0.6) is 0 Å². The Morgan fingerprint density at radius 1 is 1.32 bits per heavy atom. The van der Waals surface area contributed by atoms with Crippen LogP contribution >= 0.6 is 15.9 Å². The van der Waals surface area contributed by atoms with Crippen LogP contribution in [0.25, 0.3) is 0 Å². The van der Waals surface area contributed by atoms with Gasteiger partial charge in [-0.2, -0.15) is 13.2 Å². The molecule has 1 aliphatic heterocycles. The van der Waals surface area contributed by atoms with Crippen LogP contribution < -0.4 is 4.90 Å². The lowest BCUT2D eigenvalue weighted by molar-refractivity contribution is -0.171. The van der Waals surface area contributed by atoms with Gasteiger partial charge in [0.2, 0.25) is 0 Å². The molecule has 1 aromatic carbocycles. The van der Waals surface area contributed by atoms with E-state index in [-0.39, 0.29) is 17.4 Å². The first-order valence-electron chi connectivity index (χ1n) is 5.43. The Morgan fingerprint density at radius 2 is 1.95 bits per heavy atom. The fourth-order valence-corrected chi connectivity index (χ4v) is 2.49. The molecule has 0 aromatic heterocycles. The van der Waals surface area contributed by atoms with Crippen molar-refractivity contribution in [1.82, 2.24) is 0 Å². The monoisotopic (exact) mass is 335 g/mol. The number of carbonyl (C=O) groups excluding carboxylic acids is 2. The standard InChI is InChI=1S/C12H9BrF3NO2/c13-6-10(18)9-5-7-3-1-2-4-8(7)17(9)11(19)12(14,15)16/h1-4,9H,5-6H2. The molecule has 7 heteroatoms. The average molecular weight is 336 g/mol. The molecule has 0 radical (unpaired) electrons. The zero-order chi connectivity index (χ0) is 14.2. The van der Waals surface area contributed by atoms with Crippen molar-refractivity contribution in [3.63, 3.8) is 0 Å². The number of benzene rings is 1. The molecule has 1 heterocycles. The number of halogens is 4. The predicted molar refractivity (Wildman–Crippen MR) is 66.3 cm³/mol. The van der Waals surface area contributed by atoms with Gasteiger partial charge in [0.25, 0.3) is 0 Å². The number of hydrogen-bond acceptors (Lipinski definition) is 2. The largest absolute Gasteiger partial charge is 0.471 e. The number of nitrogens with zero attached hydrogens (tertiary/aromatic N) is 1. The first-order valence-corrected chi connectivity index (χ1v) is 6.55. The van der Waals surface area contributed by atoms with E-state index in [2.05, 4.69) is 15.9 Å². The fourth-order valence-electron chi connectivity index (χ4n) is 2.12. The Morgan fingerprint density at radius 3 is 2.53 bits per heavy atom. The molecule has 0 aliphatic carbocycles. The summed E-state index contributed by atoms with van der Waals surface area (Å²) >= 11 is 2.93. The van der Waals surface area contributed by atoms with Gasteiger partial charge in [-0.3, -0.25) is 14.5 Å². The number of anilines is 1. The molecule has 3 nitrogen and oxygen atoms in total. The molecular weight excluding hydrogens is 327 g/mol. The first kappa shape index (κ1) is 14.0. The number of para-hydroxylation sites is 1. The van der Waals surface area contributed by atoms with E-state index >= 15 is 0 Å². The van der Waals surface area contributed by atoms with Gasteiger partial charge < -0.3 is 0 Å². The number of Topliss-reactive ketones (excluding diaryl/α,β-unsaturated/α-hetero) is 1. The Hall–Kier alpha value is -1.37. The van der Waals surface area contributed by atoms with Crippen LogP contribution in [0.1, 0.15) is 5.56 Å². The summed E-state index contributed by atoms with van der Waals surface area (Å²) in [6, 6.07) is 5.14. The average Bonchev–Trinajstić information content (AvgIpc) is 2.74. The molecule has 0 N–H and O–H groups in total. The van der Waals surface area contributed by atoms with Crippen molar-refractivity contribution in [2.24, 2.45) is 0 Å². The van der Waals surface area contributed by atoms with Crippen LogP contribution in [0.15, 0.2) is 24.3 Å². The molecule has 1 aliphatic rings. The van der Waals surface area contributed by atoms with Crippen LogP contribution in [-0.2, 0) is 16.0 Å². The normalized spacial score (nSPS) is 18.3. The van der Waals surface area contributed by atoms with Crippen LogP contribution in [0.4, 0.5) is 18.9 Å². The van der Waals surface area contributed by atoms with E-state index in [1.807, 2.05) is 0 Å².